The fourth-order valence-corrected chi connectivity index (χ4v) is 5.40. The fourth-order valence-electron chi connectivity index (χ4n) is 5.40. The predicted molar refractivity (Wildman–Crippen MR) is 120 cm³/mol. The van der Waals surface area contributed by atoms with Crippen LogP contribution in [-0.4, -0.2) is 41.2 Å². The average Bonchev–Trinajstić information content (AvgIpc) is 2.83. The van der Waals surface area contributed by atoms with Gasteiger partial charge in [0.2, 0.25) is 0 Å². The standard InChI is InChI=1S/C26H27FN2O2/c1-3-16-15-29-11-10-18(16)12-24(29)26(30)25-21-13-20(31-2)8-9-23(21)28-14-22(25)17-4-6-19(27)7-5-17/h3-9,13-14,16,18,24,26,30H,1,10-12,15H2,2H3/t16-,18-,24+,26+/m0/s1. The Morgan fingerprint density at radius 1 is 1.26 bits per heavy atom. The second-order valence-corrected chi connectivity index (χ2v) is 8.67. The van der Waals surface area contributed by atoms with Crippen LogP contribution in [0.1, 0.15) is 24.5 Å². The molecule has 160 valence electrons. The molecule has 2 aromatic carbocycles. The highest BCUT2D eigenvalue weighted by Gasteiger charge is 2.42. The first kappa shape index (κ1) is 20.2. The Balaban J connectivity index is 1.65. The van der Waals surface area contributed by atoms with Crippen molar-refractivity contribution in [1.29, 1.82) is 0 Å². The summed E-state index contributed by atoms with van der Waals surface area (Å²) in [6, 6.07) is 12.2. The van der Waals surface area contributed by atoms with Crippen molar-refractivity contribution in [2.24, 2.45) is 11.8 Å². The van der Waals surface area contributed by atoms with Gasteiger partial charge in [0, 0.05) is 35.3 Å². The molecule has 0 amide bonds. The smallest absolute Gasteiger partial charge is 0.123 e. The molecule has 3 aliphatic heterocycles. The summed E-state index contributed by atoms with van der Waals surface area (Å²) in [5.41, 5.74) is 3.31. The maximum absolute atomic E-state index is 13.6. The summed E-state index contributed by atoms with van der Waals surface area (Å²) in [5, 5.41) is 12.6. The number of ether oxygens (including phenoxy) is 1. The van der Waals surface area contributed by atoms with Gasteiger partial charge in [-0.3, -0.25) is 9.88 Å². The lowest BCUT2D eigenvalue weighted by Crippen LogP contribution is -2.54. The molecule has 3 fully saturated rings. The first-order valence-corrected chi connectivity index (χ1v) is 10.9. The van der Waals surface area contributed by atoms with Gasteiger partial charge in [-0.15, -0.1) is 6.58 Å². The third-order valence-electron chi connectivity index (χ3n) is 7.09. The molecule has 0 aliphatic carbocycles. The maximum Gasteiger partial charge on any atom is 0.123 e. The first-order chi connectivity index (χ1) is 15.1. The normalized spacial score (nSPS) is 26.0. The van der Waals surface area contributed by atoms with Gasteiger partial charge in [-0.25, -0.2) is 4.39 Å². The van der Waals surface area contributed by atoms with Crippen LogP contribution in [0.15, 0.2) is 61.3 Å². The average molecular weight is 419 g/mol. The second-order valence-electron chi connectivity index (χ2n) is 8.67. The van der Waals surface area contributed by atoms with Crippen molar-refractivity contribution in [3.05, 3.63) is 72.7 Å². The minimum Gasteiger partial charge on any atom is -0.497 e. The summed E-state index contributed by atoms with van der Waals surface area (Å²) in [5.74, 6) is 1.48. The van der Waals surface area contributed by atoms with E-state index in [9.17, 15) is 9.50 Å². The van der Waals surface area contributed by atoms with Crippen molar-refractivity contribution in [3.63, 3.8) is 0 Å². The molecule has 2 bridgehead atoms. The Labute approximate surface area is 182 Å². The van der Waals surface area contributed by atoms with Crippen molar-refractivity contribution >= 4 is 10.9 Å². The lowest BCUT2D eigenvalue weighted by molar-refractivity contribution is -0.0443. The number of hydrogen-bond acceptors (Lipinski definition) is 4. The molecule has 4 heterocycles. The highest BCUT2D eigenvalue weighted by molar-refractivity contribution is 5.90. The maximum atomic E-state index is 13.6. The quantitative estimate of drug-likeness (QED) is 0.594. The topological polar surface area (TPSA) is 45.6 Å². The Bertz CT molecular complexity index is 1110. The van der Waals surface area contributed by atoms with Gasteiger partial charge in [0.05, 0.1) is 18.7 Å². The minimum absolute atomic E-state index is 0.0333. The Morgan fingerprint density at radius 2 is 2.06 bits per heavy atom. The van der Waals surface area contributed by atoms with Crippen molar-refractivity contribution in [2.75, 3.05) is 20.2 Å². The second kappa shape index (κ2) is 8.06. The molecule has 31 heavy (non-hydrogen) atoms. The summed E-state index contributed by atoms with van der Waals surface area (Å²) in [6.45, 7) is 5.94. The van der Waals surface area contributed by atoms with E-state index in [1.54, 1.807) is 25.4 Å². The molecule has 1 aromatic heterocycles. The number of piperidine rings is 3. The summed E-state index contributed by atoms with van der Waals surface area (Å²) in [4.78, 5) is 7.03. The van der Waals surface area contributed by atoms with Crippen LogP contribution in [0, 0.1) is 17.7 Å². The SMILES string of the molecule is C=C[C@H]1CN2CC[C@H]1C[C@@H]2[C@@H](O)c1c(-c2ccc(F)cc2)cnc2ccc(OC)cc12. The van der Waals surface area contributed by atoms with Crippen molar-refractivity contribution in [2.45, 2.75) is 25.0 Å². The van der Waals surface area contributed by atoms with Crippen molar-refractivity contribution in [3.8, 4) is 16.9 Å². The molecule has 1 N–H and O–H groups in total. The molecular formula is C26H27FN2O2. The number of nitrogens with zero attached hydrogens (tertiary/aromatic N) is 2. The minimum atomic E-state index is -0.689. The van der Waals surface area contributed by atoms with Crippen LogP contribution in [0.4, 0.5) is 4.39 Å². The highest BCUT2D eigenvalue weighted by Crippen LogP contribution is 2.44. The fraction of sp³-hybridized carbons (Fsp3) is 0.346. The van der Waals surface area contributed by atoms with Crippen LogP contribution in [0.3, 0.4) is 0 Å². The number of aromatic nitrogens is 1. The van der Waals surface area contributed by atoms with E-state index in [4.69, 9.17) is 4.74 Å². The number of hydrogen-bond donors (Lipinski definition) is 1. The molecule has 3 aliphatic rings. The van der Waals surface area contributed by atoms with E-state index in [0.717, 1.165) is 59.3 Å². The number of benzene rings is 2. The molecule has 0 radical (unpaired) electrons. The van der Waals surface area contributed by atoms with Gasteiger partial charge in [-0.05, 0) is 67.1 Å². The van der Waals surface area contributed by atoms with Crippen LogP contribution < -0.4 is 4.74 Å². The van der Waals surface area contributed by atoms with Crippen LogP contribution in [0.25, 0.3) is 22.0 Å². The summed E-state index contributed by atoms with van der Waals surface area (Å²) < 4.78 is 19.0. The molecule has 1 unspecified atom stereocenters. The number of methoxy groups -OCH3 is 1. The number of rotatable bonds is 5. The third kappa shape index (κ3) is 3.52. The lowest BCUT2D eigenvalue weighted by atomic mass is 9.73. The van der Waals surface area contributed by atoms with E-state index >= 15 is 0 Å². The van der Waals surface area contributed by atoms with Crippen LogP contribution >= 0.6 is 0 Å². The molecule has 3 aromatic rings. The Kier molecular flexibility index (Phi) is 5.24. The van der Waals surface area contributed by atoms with Crippen LogP contribution in [0.5, 0.6) is 5.75 Å². The molecule has 3 saturated heterocycles. The number of pyridine rings is 1. The lowest BCUT2D eigenvalue weighted by Gasteiger charge is -2.50. The first-order valence-electron chi connectivity index (χ1n) is 10.9. The highest BCUT2D eigenvalue weighted by atomic mass is 19.1. The Morgan fingerprint density at radius 3 is 2.74 bits per heavy atom. The number of aliphatic hydroxyl groups excluding tert-OH is 1. The number of fused-ring (bicyclic) bond motifs is 4. The third-order valence-corrected chi connectivity index (χ3v) is 7.09. The van der Waals surface area contributed by atoms with E-state index < -0.39 is 6.10 Å². The summed E-state index contributed by atoms with van der Waals surface area (Å²) in [7, 11) is 1.63. The van der Waals surface area contributed by atoms with Gasteiger partial charge >= 0.3 is 0 Å². The largest absolute Gasteiger partial charge is 0.497 e. The molecule has 4 nitrogen and oxygen atoms in total. The zero-order chi connectivity index (χ0) is 21.5. The summed E-state index contributed by atoms with van der Waals surface area (Å²) in [6.07, 6.45) is 5.26. The van der Waals surface area contributed by atoms with Gasteiger partial charge in [-0.1, -0.05) is 18.2 Å². The summed E-state index contributed by atoms with van der Waals surface area (Å²) >= 11 is 0. The van der Waals surface area contributed by atoms with Gasteiger partial charge < -0.3 is 9.84 Å². The van der Waals surface area contributed by atoms with Gasteiger partial charge in [0.1, 0.15) is 11.6 Å². The molecule has 0 spiro atoms. The van der Waals surface area contributed by atoms with Crippen molar-refractivity contribution < 1.29 is 14.2 Å². The van der Waals surface area contributed by atoms with Crippen LogP contribution in [0.2, 0.25) is 0 Å². The van der Waals surface area contributed by atoms with Gasteiger partial charge in [0.15, 0.2) is 0 Å². The van der Waals surface area contributed by atoms with Crippen molar-refractivity contribution in [1.82, 2.24) is 9.88 Å². The zero-order valence-corrected chi connectivity index (χ0v) is 17.7. The predicted octanol–water partition coefficient (Wildman–Crippen LogP) is 4.98. The molecule has 5 heteroatoms. The van der Waals surface area contributed by atoms with E-state index in [-0.39, 0.29) is 11.9 Å². The number of aliphatic hydroxyl groups is 1. The van der Waals surface area contributed by atoms with Gasteiger partial charge in [-0.2, -0.15) is 0 Å². The molecular weight excluding hydrogens is 391 g/mol. The van der Waals surface area contributed by atoms with E-state index in [1.165, 1.54) is 12.1 Å². The van der Waals surface area contributed by atoms with Gasteiger partial charge in [0.25, 0.3) is 0 Å². The molecule has 6 rings (SSSR count). The van der Waals surface area contributed by atoms with Crippen LogP contribution in [-0.2, 0) is 0 Å². The zero-order valence-electron chi connectivity index (χ0n) is 17.7. The molecule has 0 saturated carbocycles. The van der Waals surface area contributed by atoms with E-state index in [2.05, 4.69) is 22.5 Å². The molecule has 5 atom stereocenters. The number of halogens is 1. The van der Waals surface area contributed by atoms with E-state index in [1.807, 2.05) is 18.2 Å². The van der Waals surface area contributed by atoms with E-state index in [0.29, 0.717) is 11.8 Å². The monoisotopic (exact) mass is 418 g/mol. The Hall–Kier alpha value is -2.76.